The van der Waals surface area contributed by atoms with Crippen LogP contribution in [0, 0.1) is 21.4 Å². The van der Waals surface area contributed by atoms with E-state index in [1.165, 1.54) is 25.3 Å². The summed E-state index contributed by atoms with van der Waals surface area (Å²) in [5, 5.41) is 19.7. The van der Waals surface area contributed by atoms with Crippen LogP contribution >= 0.6 is 0 Å². The Hall–Kier alpha value is -2.62. The van der Waals surface area contributed by atoms with E-state index in [0.29, 0.717) is 12.2 Å². The lowest BCUT2D eigenvalue weighted by Gasteiger charge is -2.22. The molecule has 0 aromatic heterocycles. The zero-order chi connectivity index (χ0) is 15.1. The zero-order valence-corrected chi connectivity index (χ0v) is 11.3. The topological polar surface area (TPSA) is 96.5 Å². The van der Waals surface area contributed by atoms with Gasteiger partial charge in [0.25, 0.3) is 5.69 Å². The summed E-state index contributed by atoms with van der Waals surface area (Å²) in [5.74, 6) is -0.407. The molecule has 0 bridgehead atoms. The van der Waals surface area contributed by atoms with E-state index in [9.17, 15) is 14.9 Å². The Labute approximate surface area is 116 Å². The van der Waals surface area contributed by atoms with Gasteiger partial charge in [-0.15, -0.1) is 0 Å². The number of benzene rings is 1. The molecule has 0 amide bonds. The molecule has 1 aromatic carbocycles. The summed E-state index contributed by atoms with van der Waals surface area (Å²) in [7, 11) is 1.29. The highest BCUT2D eigenvalue weighted by molar-refractivity contribution is 5.76. The lowest BCUT2D eigenvalue weighted by Crippen LogP contribution is -2.31. The van der Waals surface area contributed by atoms with Crippen molar-refractivity contribution in [3.8, 4) is 6.07 Å². The van der Waals surface area contributed by atoms with Crippen LogP contribution in [0.25, 0.3) is 0 Å². The van der Waals surface area contributed by atoms with Crippen molar-refractivity contribution in [1.29, 1.82) is 5.26 Å². The van der Waals surface area contributed by atoms with Crippen molar-refractivity contribution in [3.63, 3.8) is 0 Å². The second-order valence-electron chi connectivity index (χ2n) is 4.07. The number of nitro benzene ring substituents is 1. The number of hydrogen-bond donors (Lipinski definition) is 0. The van der Waals surface area contributed by atoms with Crippen LogP contribution < -0.4 is 4.90 Å². The predicted molar refractivity (Wildman–Crippen MR) is 72.3 cm³/mol. The second-order valence-corrected chi connectivity index (χ2v) is 4.07. The van der Waals surface area contributed by atoms with Crippen molar-refractivity contribution in [2.45, 2.75) is 13.3 Å². The van der Waals surface area contributed by atoms with Gasteiger partial charge in [0, 0.05) is 18.3 Å². The first-order valence-electron chi connectivity index (χ1n) is 6.03. The van der Waals surface area contributed by atoms with Crippen LogP contribution in [0.2, 0.25) is 0 Å². The summed E-state index contributed by atoms with van der Waals surface area (Å²) >= 11 is 0. The highest BCUT2D eigenvalue weighted by Crippen LogP contribution is 2.24. The summed E-state index contributed by atoms with van der Waals surface area (Å²) in [6.45, 7) is 2.56. The van der Waals surface area contributed by atoms with Crippen molar-refractivity contribution >= 4 is 17.3 Å². The van der Waals surface area contributed by atoms with Crippen LogP contribution in [-0.2, 0) is 9.53 Å². The maximum atomic E-state index is 11.4. The molecular weight excluding hydrogens is 262 g/mol. The van der Waals surface area contributed by atoms with E-state index >= 15 is 0 Å². The molecule has 0 unspecified atom stereocenters. The lowest BCUT2D eigenvalue weighted by atomic mass is 10.1. The van der Waals surface area contributed by atoms with E-state index in [1.54, 1.807) is 11.0 Å². The molecule has 106 valence electrons. The van der Waals surface area contributed by atoms with Gasteiger partial charge in [-0.05, 0) is 18.6 Å². The molecule has 0 heterocycles. The Morgan fingerprint density at radius 1 is 1.55 bits per heavy atom. The van der Waals surface area contributed by atoms with Crippen LogP contribution in [0.4, 0.5) is 11.4 Å². The largest absolute Gasteiger partial charge is 0.468 e. The summed E-state index contributed by atoms with van der Waals surface area (Å²) in [6, 6.07) is 6.01. The Morgan fingerprint density at radius 3 is 2.75 bits per heavy atom. The maximum absolute atomic E-state index is 11.4. The van der Waals surface area contributed by atoms with Crippen LogP contribution in [0.5, 0.6) is 0 Å². The van der Waals surface area contributed by atoms with Gasteiger partial charge in [0.15, 0.2) is 0 Å². The summed E-state index contributed by atoms with van der Waals surface area (Å²) in [6.07, 6.45) is 0.788. The van der Waals surface area contributed by atoms with E-state index in [1.807, 2.05) is 6.92 Å². The molecule has 20 heavy (non-hydrogen) atoms. The van der Waals surface area contributed by atoms with Gasteiger partial charge in [-0.2, -0.15) is 5.26 Å². The van der Waals surface area contributed by atoms with Gasteiger partial charge in [-0.25, -0.2) is 0 Å². The monoisotopic (exact) mass is 277 g/mol. The molecule has 0 radical (unpaired) electrons. The van der Waals surface area contributed by atoms with Gasteiger partial charge in [-0.1, -0.05) is 6.92 Å². The lowest BCUT2D eigenvalue weighted by molar-refractivity contribution is -0.385. The SMILES string of the molecule is CCCN(CC(=O)OC)c1ccc([N+](=O)[O-])c(C#N)c1. The summed E-state index contributed by atoms with van der Waals surface area (Å²) in [4.78, 5) is 23.3. The molecule has 0 fully saturated rings. The highest BCUT2D eigenvalue weighted by atomic mass is 16.6. The maximum Gasteiger partial charge on any atom is 0.325 e. The zero-order valence-electron chi connectivity index (χ0n) is 11.3. The minimum Gasteiger partial charge on any atom is -0.468 e. The first-order valence-corrected chi connectivity index (χ1v) is 6.03. The molecule has 1 rings (SSSR count). The summed E-state index contributed by atoms with van der Waals surface area (Å²) < 4.78 is 4.61. The third-order valence-electron chi connectivity index (χ3n) is 2.70. The first kappa shape index (κ1) is 15.4. The smallest absolute Gasteiger partial charge is 0.325 e. The van der Waals surface area contributed by atoms with Crippen molar-refractivity contribution < 1.29 is 14.5 Å². The average molecular weight is 277 g/mol. The quantitative estimate of drug-likeness (QED) is 0.447. The van der Waals surface area contributed by atoms with Gasteiger partial charge in [0.2, 0.25) is 0 Å². The molecular formula is C13H15N3O4. The Morgan fingerprint density at radius 2 is 2.25 bits per heavy atom. The Kier molecular flexibility index (Phi) is 5.47. The highest BCUT2D eigenvalue weighted by Gasteiger charge is 2.17. The molecule has 0 N–H and O–H groups in total. The standard InChI is InChI=1S/C13H15N3O4/c1-3-6-15(9-13(17)20-2)11-4-5-12(16(18)19)10(7-11)8-14/h4-5,7H,3,6,9H2,1-2H3. The Balaban J connectivity index is 3.12. The number of rotatable bonds is 6. The molecule has 0 aliphatic carbocycles. The number of carbonyl (C=O) groups is 1. The normalized spacial score (nSPS) is 9.65. The number of nitriles is 1. The third-order valence-corrected chi connectivity index (χ3v) is 2.70. The molecule has 7 heteroatoms. The number of carbonyl (C=O) groups excluding carboxylic acids is 1. The average Bonchev–Trinajstić information content (AvgIpc) is 2.45. The Bertz CT molecular complexity index is 551. The number of nitrogens with zero attached hydrogens (tertiary/aromatic N) is 3. The number of hydrogen-bond acceptors (Lipinski definition) is 6. The number of nitro groups is 1. The minimum absolute atomic E-state index is 0.0292. The first-order chi connectivity index (χ1) is 9.53. The summed E-state index contributed by atoms with van der Waals surface area (Å²) in [5.41, 5.74) is 0.309. The van der Waals surface area contributed by atoms with Crippen LogP contribution in [-0.4, -0.2) is 31.1 Å². The van der Waals surface area contributed by atoms with E-state index in [4.69, 9.17) is 5.26 Å². The fourth-order valence-corrected chi connectivity index (χ4v) is 1.76. The molecule has 0 saturated carbocycles. The van der Waals surface area contributed by atoms with Gasteiger partial charge in [-0.3, -0.25) is 14.9 Å². The third kappa shape index (κ3) is 3.68. The number of esters is 1. The van der Waals surface area contributed by atoms with Crippen molar-refractivity contribution in [2.24, 2.45) is 0 Å². The minimum atomic E-state index is -0.604. The van der Waals surface area contributed by atoms with E-state index in [2.05, 4.69) is 4.74 Å². The fourth-order valence-electron chi connectivity index (χ4n) is 1.76. The van der Waals surface area contributed by atoms with Gasteiger partial charge < -0.3 is 9.64 Å². The van der Waals surface area contributed by atoms with Crippen LogP contribution in [0.1, 0.15) is 18.9 Å². The van der Waals surface area contributed by atoms with Gasteiger partial charge >= 0.3 is 5.97 Å². The predicted octanol–water partition coefficient (Wildman–Crippen LogP) is 1.86. The van der Waals surface area contributed by atoms with E-state index in [-0.39, 0.29) is 17.8 Å². The molecule has 0 aliphatic rings. The number of methoxy groups -OCH3 is 1. The van der Waals surface area contributed by atoms with Crippen molar-refractivity contribution in [2.75, 3.05) is 25.1 Å². The molecule has 0 spiro atoms. The van der Waals surface area contributed by atoms with E-state index in [0.717, 1.165) is 6.42 Å². The second kappa shape index (κ2) is 7.09. The molecule has 1 aromatic rings. The van der Waals surface area contributed by atoms with Crippen LogP contribution in [0.3, 0.4) is 0 Å². The molecule has 7 nitrogen and oxygen atoms in total. The molecule has 0 atom stereocenters. The van der Waals surface area contributed by atoms with E-state index < -0.39 is 10.9 Å². The molecule has 0 saturated heterocycles. The van der Waals surface area contributed by atoms with Gasteiger partial charge in [0.05, 0.1) is 12.0 Å². The van der Waals surface area contributed by atoms with Crippen molar-refractivity contribution in [3.05, 3.63) is 33.9 Å². The number of anilines is 1. The van der Waals surface area contributed by atoms with Crippen molar-refractivity contribution in [1.82, 2.24) is 0 Å². The van der Waals surface area contributed by atoms with Gasteiger partial charge in [0.1, 0.15) is 18.2 Å². The van der Waals surface area contributed by atoms with Crippen LogP contribution in [0.15, 0.2) is 18.2 Å². The molecule has 0 aliphatic heterocycles. The fraction of sp³-hybridized carbons (Fsp3) is 0.385. The number of ether oxygens (including phenoxy) is 1.